The number of rotatable bonds is 6. The second-order valence-electron chi connectivity index (χ2n) is 4.93. The third-order valence-corrected chi connectivity index (χ3v) is 3.44. The summed E-state index contributed by atoms with van der Waals surface area (Å²) in [5.41, 5.74) is 0. The Morgan fingerprint density at radius 1 is 1.52 bits per heavy atom. The maximum atomic E-state index is 12.4. The van der Waals surface area contributed by atoms with Crippen LogP contribution in [0.15, 0.2) is 12.1 Å². The summed E-state index contributed by atoms with van der Waals surface area (Å²) in [4.78, 5) is 39.1. The lowest BCUT2D eigenvalue weighted by Gasteiger charge is -2.30. The van der Waals surface area contributed by atoms with Crippen LogP contribution < -0.4 is 9.64 Å². The molecule has 1 atom stereocenters. The van der Waals surface area contributed by atoms with E-state index >= 15 is 0 Å². The van der Waals surface area contributed by atoms with Gasteiger partial charge in [-0.15, -0.1) is 0 Å². The first-order chi connectivity index (χ1) is 11.0. The second-order valence-corrected chi connectivity index (χ2v) is 4.93. The summed E-state index contributed by atoms with van der Waals surface area (Å²) in [6.07, 6.45) is 0.299. The van der Waals surface area contributed by atoms with Gasteiger partial charge in [-0.05, 0) is 28.8 Å². The fourth-order valence-electron chi connectivity index (χ4n) is 2.25. The zero-order valence-electron chi connectivity index (χ0n) is 12.9. The second kappa shape index (κ2) is 7.03. The Hall–Kier alpha value is -2.71. The first-order valence-electron chi connectivity index (χ1n) is 7.18. The lowest BCUT2D eigenvalue weighted by molar-refractivity contribution is -0.389. The Balaban J connectivity index is 2.27. The van der Waals surface area contributed by atoms with Crippen LogP contribution in [0.5, 0.6) is 5.75 Å². The van der Waals surface area contributed by atoms with Crippen LogP contribution in [-0.4, -0.2) is 41.5 Å². The number of ether oxygens (including phenoxy) is 2. The molecule has 2 rings (SSSR count). The van der Waals surface area contributed by atoms with Gasteiger partial charge in [-0.3, -0.25) is 14.5 Å². The first-order valence-corrected chi connectivity index (χ1v) is 7.18. The van der Waals surface area contributed by atoms with Gasteiger partial charge in [-0.25, -0.2) is 0 Å². The molecular formula is C14H17N3O6. The van der Waals surface area contributed by atoms with E-state index in [4.69, 9.17) is 4.74 Å². The Morgan fingerprint density at radius 2 is 2.26 bits per heavy atom. The van der Waals surface area contributed by atoms with Crippen molar-refractivity contribution in [1.29, 1.82) is 0 Å². The smallest absolute Gasteiger partial charge is 0.366 e. The number of esters is 1. The lowest BCUT2D eigenvalue weighted by atomic mass is 10.1. The molecule has 0 saturated carbocycles. The Kier molecular flexibility index (Phi) is 5.09. The van der Waals surface area contributed by atoms with E-state index < -0.39 is 11.0 Å². The Labute approximate surface area is 132 Å². The van der Waals surface area contributed by atoms with Crippen molar-refractivity contribution >= 4 is 23.5 Å². The Morgan fingerprint density at radius 3 is 2.87 bits per heavy atom. The third kappa shape index (κ3) is 3.55. The molecule has 0 aromatic carbocycles. The zero-order valence-corrected chi connectivity index (χ0v) is 12.9. The van der Waals surface area contributed by atoms with Crippen molar-refractivity contribution in [3.05, 3.63) is 22.2 Å². The number of carbonyl (C=O) groups excluding carboxylic acids is 2. The molecule has 0 saturated heterocycles. The van der Waals surface area contributed by atoms with Crippen LogP contribution in [0.2, 0.25) is 0 Å². The van der Waals surface area contributed by atoms with Crippen LogP contribution >= 0.6 is 0 Å². The van der Waals surface area contributed by atoms with Crippen molar-refractivity contribution in [2.75, 3.05) is 18.6 Å². The maximum Gasteiger partial charge on any atom is 0.366 e. The van der Waals surface area contributed by atoms with Crippen molar-refractivity contribution in [3.63, 3.8) is 0 Å². The number of fused-ring (bicyclic) bond motifs is 1. The molecule has 9 nitrogen and oxygen atoms in total. The molecule has 0 bridgehead atoms. The highest BCUT2D eigenvalue weighted by Gasteiger charge is 2.37. The number of methoxy groups -OCH3 is 1. The fraction of sp³-hybridized carbons (Fsp3) is 0.500. The van der Waals surface area contributed by atoms with E-state index in [-0.39, 0.29) is 36.5 Å². The molecule has 0 N–H and O–H groups in total. The van der Waals surface area contributed by atoms with Crippen LogP contribution in [0.25, 0.3) is 0 Å². The molecule has 2 heterocycles. The number of nitro groups is 1. The van der Waals surface area contributed by atoms with Gasteiger partial charge in [0.2, 0.25) is 0 Å². The topological polar surface area (TPSA) is 112 Å². The molecule has 1 aliphatic rings. The summed E-state index contributed by atoms with van der Waals surface area (Å²) in [7, 11) is 1.29. The maximum absolute atomic E-state index is 12.4. The molecule has 124 valence electrons. The minimum absolute atomic E-state index is 0.110. The summed E-state index contributed by atoms with van der Waals surface area (Å²) < 4.78 is 10.1. The molecule has 1 aliphatic heterocycles. The molecule has 1 aromatic rings. The highest BCUT2D eigenvalue weighted by molar-refractivity contribution is 5.99. The van der Waals surface area contributed by atoms with Gasteiger partial charge >= 0.3 is 11.8 Å². The minimum Gasteiger partial charge on any atom is -0.474 e. The van der Waals surface area contributed by atoms with Crippen LogP contribution in [0, 0.1) is 10.1 Å². The van der Waals surface area contributed by atoms with Crippen LogP contribution in [0.4, 0.5) is 11.6 Å². The standard InChI is InChI=1S/C14H17N3O6/c1-3-9-14(19)16(8-4-5-12(18)22-2)13-10(23-9)6-7-11(15-13)17(20)21/h6-7,9H,3-5,8H2,1-2H3. The van der Waals surface area contributed by atoms with E-state index in [9.17, 15) is 19.7 Å². The number of hydrogen-bond acceptors (Lipinski definition) is 7. The van der Waals surface area contributed by atoms with Crippen LogP contribution in [-0.2, 0) is 14.3 Å². The number of hydrogen-bond donors (Lipinski definition) is 0. The average Bonchev–Trinajstić information content (AvgIpc) is 2.55. The van der Waals surface area contributed by atoms with E-state index in [0.29, 0.717) is 18.6 Å². The zero-order chi connectivity index (χ0) is 17.0. The van der Waals surface area contributed by atoms with E-state index in [1.165, 1.54) is 24.1 Å². The molecule has 0 radical (unpaired) electrons. The van der Waals surface area contributed by atoms with Crippen molar-refractivity contribution in [2.45, 2.75) is 32.3 Å². The SMILES string of the molecule is CCC1Oc2ccc([N+](=O)[O-])nc2N(CCCC(=O)OC)C1=O. The van der Waals surface area contributed by atoms with Crippen molar-refractivity contribution in [2.24, 2.45) is 0 Å². The summed E-state index contributed by atoms with van der Waals surface area (Å²) in [6, 6.07) is 2.66. The predicted molar refractivity (Wildman–Crippen MR) is 79.2 cm³/mol. The largest absolute Gasteiger partial charge is 0.474 e. The van der Waals surface area contributed by atoms with Crippen molar-refractivity contribution in [3.8, 4) is 5.75 Å². The van der Waals surface area contributed by atoms with E-state index in [2.05, 4.69) is 9.72 Å². The summed E-state index contributed by atoms with van der Waals surface area (Å²) in [5.74, 6) is -0.644. The fourth-order valence-corrected chi connectivity index (χ4v) is 2.25. The molecule has 0 fully saturated rings. The van der Waals surface area contributed by atoms with Gasteiger partial charge in [0.25, 0.3) is 11.7 Å². The van der Waals surface area contributed by atoms with Gasteiger partial charge in [0.05, 0.1) is 7.11 Å². The van der Waals surface area contributed by atoms with Gasteiger partial charge in [0.15, 0.2) is 11.9 Å². The quantitative estimate of drug-likeness (QED) is 0.442. The molecule has 0 spiro atoms. The number of amides is 1. The van der Waals surface area contributed by atoms with Crippen molar-refractivity contribution in [1.82, 2.24) is 4.98 Å². The lowest BCUT2D eigenvalue weighted by Crippen LogP contribution is -2.46. The van der Waals surface area contributed by atoms with E-state index in [1.54, 1.807) is 6.92 Å². The molecule has 23 heavy (non-hydrogen) atoms. The van der Waals surface area contributed by atoms with Crippen LogP contribution in [0.1, 0.15) is 26.2 Å². The monoisotopic (exact) mass is 323 g/mol. The third-order valence-electron chi connectivity index (χ3n) is 3.44. The normalized spacial score (nSPS) is 16.5. The number of aromatic nitrogens is 1. The Bertz CT molecular complexity index is 633. The van der Waals surface area contributed by atoms with Gasteiger partial charge in [-0.2, -0.15) is 0 Å². The van der Waals surface area contributed by atoms with Gasteiger partial charge in [-0.1, -0.05) is 6.92 Å². The highest BCUT2D eigenvalue weighted by Crippen LogP contribution is 2.34. The number of carbonyl (C=O) groups is 2. The van der Waals surface area contributed by atoms with E-state index in [1.807, 2.05) is 0 Å². The summed E-state index contributed by atoms with van der Waals surface area (Å²) >= 11 is 0. The molecule has 1 amide bonds. The number of nitrogens with zero attached hydrogens (tertiary/aromatic N) is 3. The van der Waals surface area contributed by atoms with Gasteiger partial charge in [0.1, 0.15) is 0 Å². The van der Waals surface area contributed by atoms with Crippen LogP contribution in [0.3, 0.4) is 0 Å². The number of pyridine rings is 1. The predicted octanol–water partition coefficient (Wildman–Crippen LogP) is 1.45. The molecule has 1 unspecified atom stereocenters. The highest BCUT2D eigenvalue weighted by atomic mass is 16.6. The minimum atomic E-state index is -0.663. The van der Waals surface area contributed by atoms with Gasteiger partial charge < -0.3 is 19.6 Å². The first kappa shape index (κ1) is 16.7. The summed E-state index contributed by atoms with van der Waals surface area (Å²) in [5, 5.41) is 10.9. The number of anilines is 1. The summed E-state index contributed by atoms with van der Waals surface area (Å²) in [6.45, 7) is 2.01. The van der Waals surface area contributed by atoms with Crippen molar-refractivity contribution < 1.29 is 24.0 Å². The molecule has 0 aliphatic carbocycles. The molecule has 1 aromatic heterocycles. The average molecular weight is 323 g/mol. The molecular weight excluding hydrogens is 306 g/mol. The van der Waals surface area contributed by atoms with Gasteiger partial charge in [0, 0.05) is 19.0 Å². The molecule has 9 heteroatoms. The van der Waals surface area contributed by atoms with E-state index in [0.717, 1.165) is 0 Å².